The highest BCUT2D eigenvalue weighted by Crippen LogP contribution is 2.24. The van der Waals surface area contributed by atoms with E-state index in [2.05, 4.69) is 5.32 Å². The molecule has 0 aliphatic carbocycles. The van der Waals surface area contributed by atoms with Crippen molar-refractivity contribution in [3.05, 3.63) is 29.3 Å². The predicted molar refractivity (Wildman–Crippen MR) is 81.6 cm³/mol. The van der Waals surface area contributed by atoms with Crippen LogP contribution in [-0.2, 0) is 11.3 Å². The number of ether oxygens (including phenoxy) is 1. The minimum absolute atomic E-state index is 0.0326. The van der Waals surface area contributed by atoms with E-state index in [1.54, 1.807) is 0 Å². The number of carbonyl (C=O) groups excluding carboxylic acids is 1. The van der Waals surface area contributed by atoms with Crippen LogP contribution in [-0.4, -0.2) is 18.1 Å². The molecule has 3 N–H and O–H groups in total. The summed E-state index contributed by atoms with van der Waals surface area (Å²) in [6.45, 7) is 10.7. The summed E-state index contributed by atoms with van der Waals surface area (Å²) >= 11 is 0. The van der Waals surface area contributed by atoms with Crippen molar-refractivity contribution in [1.82, 2.24) is 5.32 Å². The minimum atomic E-state index is -0.267. The van der Waals surface area contributed by atoms with Crippen molar-refractivity contribution in [1.29, 1.82) is 0 Å². The topological polar surface area (TPSA) is 64.4 Å². The van der Waals surface area contributed by atoms with Gasteiger partial charge in [-0.25, -0.2) is 0 Å². The average Bonchev–Trinajstić information content (AvgIpc) is 2.34. The van der Waals surface area contributed by atoms with Crippen LogP contribution in [0.25, 0.3) is 0 Å². The van der Waals surface area contributed by atoms with Gasteiger partial charge in [0.2, 0.25) is 5.91 Å². The first-order chi connectivity index (χ1) is 9.23. The number of amides is 1. The highest BCUT2D eigenvalue weighted by atomic mass is 16.5. The summed E-state index contributed by atoms with van der Waals surface area (Å²) in [6, 6.07) is 6.01. The molecule has 0 aromatic heterocycles. The molecule has 1 aromatic carbocycles. The van der Waals surface area contributed by atoms with E-state index in [0.717, 1.165) is 16.9 Å². The fourth-order valence-electron chi connectivity index (χ4n) is 1.70. The van der Waals surface area contributed by atoms with Crippen molar-refractivity contribution in [3.63, 3.8) is 0 Å². The Hall–Kier alpha value is -1.55. The van der Waals surface area contributed by atoms with Gasteiger partial charge < -0.3 is 15.8 Å². The minimum Gasteiger partial charge on any atom is -0.488 e. The highest BCUT2D eigenvalue weighted by molar-refractivity contribution is 5.78. The number of hydrogen-bond donors (Lipinski definition) is 2. The number of carbonyl (C=O) groups is 1. The van der Waals surface area contributed by atoms with Crippen molar-refractivity contribution in [2.75, 3.05) is 6.54 Å². The van der Waals surface area contributed by atoms with E-state index in [4.69, 9.17) is 10.5 Å². The molecule has 0 saturated carbocycles. The third kappa shape index (κ3) is 5.21. The SMILES string of the molecule is Cc1ccc(CNC(=O)C(C)CN)c(OC(C)(C)C)c1. The Morgan fingerprint density at radius 3 is 2.60 bits per heavy atom. The van der Waals surface area contributed by atoms with Gasteiger partial charge in [0.15, 0.2) is 0 Å². The lowest BCUT2D eigenvalue weighted by Gasteiger charge is -2.24. The number of nitrogens with two attached hydrogens (primary N) is 1. The summed E-state index contributed by atoms with van der Waals surface area (Å²) in [7, 11) is 0. The van der Waals surface area contributed by atoms with Crippen LogP contribution in [0.3, 0.4) is 0 Å². The zero-order valence-electron chi connectivity index (χ0n) is 13.1. The first-order valence-electron chi connectivity index (χ1n) is 6.99. The molecule has 0 aliphatic rings. The number of benzene rings is 1. The van der Waals surface area contributed by atoms with Gasteiger partial charge in [-0.3, -0.25) is 4.79 Å². The molecule has 20 heavy (non-hydrogen) atoms. The number of aryl methyl sites for hydroxylation is 1. The molecular formula is C16H26N2O2. The summed E-state index contributed by atoms with van der Waals surface area (Å²) in [4.78, 5) is 11.8. The molecule has 1 aromatic rings. The summed E-state index contributed by atoms with van der Waals surface area (Å²) < 4.78 is 5.96. The smallest absolute Gasteiger partial charge is 0.224 e. The maximum atomic E-state index is 11.8. The lowest BCUT2D eigenvalue weighted by Crippen LogP contribution is -2.33. The maximum Gasteiger partial charge on any atom is 0.224 e. The van der Waals surface area contributed by atoms with Crippen LogP contribution in [0.2, 0.25) is 0 Å². The molecule has 0 radical (unpaired) electrons. The van der Waals surface area contributed by atoms with Crippen molar-refractivity contribution in [2.24, 2.45) is 11.7 Å². The van der Waals surface area contributed by atoms with Crippen molar-refractivity contribution in [3.8, 4) is 5.75 Å². The zero-order chi connectivity index (χ0) is 15.3. The largest absolute Gasteiger partial charge is 0.488 e. The van der Waals surface area contributed by atoms with E-state index in [9.17, 15) is 4.79 Å². The number of nitrogens with one attached hydrogen (secondary N) is 1. The Balaban J connectivity index is 2.81. The van der Waals surface area contributed by atoms with E-state index in [-0.39, 0.29) is 17.4 Å². The van der Waals surface area contributed by atoms with Gasteiger partial charge in [0.1, 0.15) is 11.4 Å². The number of rotatable bonds is 5. The summed E-state index contributed by atoms with van der Waals surface area (Å²) in [5.41, 5.74) is 7.33. The number of hydrogen-bond acceptors (Lipinski definition) is 3. The van der Waals surface area contributed by atoms with E-state index < -0.39 is 0 Å². The fraction of sp³-hybridized carbons (Fsp3) is 0.562. The van der Waals surface area contributed by atoms with Crippen molar-refractivity contribution in [2.45, 2.75) is 46.8 Å². The Labute approximate surface area is 121 Å². The molecule has 0 spiro atoms. The van der Waals surface area contributed by atoms with E-state index >= 15 is 0 Å². The molecular weight excluding hydrogens is 252 g/mol. The third-order valence-electron chi connectivity index (χ3n) is 2.89. The first kappa shape index (κ1) is 16.5. The first-order valence-corrected chi connectivity index (χ1v) is 6.99. The Morgan fingerprint density at radius 1 is 1.40 bits per heavy atom. The van der Waals surface area contributed by atoms with Gasteiger partial charge in [-0.15, -0.1) is 0 Å². The van der Waals surface area contributed by atoms with Gasteiger partial charge in [0, 0.05) is 24.6 Å². The molecule has 1 amide bonds. The van der Waals surface area contributed by atoms with Crippen LogP contribution in [0.1, 0.15) is 38.8 Å². The summed E-state index contributed by atoms with van der Waals surface area (Å²) in [6.07, 6.45) is 0. The lowest BCUT2D eigenvalue weighted by molar-refractivity contribution is -0.124. The summed E-state index contributed by atoms with van der Waals surface area (Å²) in [5, 5.41) is 2.90. The fourth-order valence-corrected chi connectivity index (χ4v) is 1.70. The standard InChI is InChI=1S/C16H26N2O2/c1-11-6-7-13(10-18-15(19)12(2)9-17)14(8-11)20-16(3,4)5/h6-8,12H,9-10,17H2,1-5H3,(H,18,19). The molecule has 0 fully saturated rings. The van der Waals surface area contributed by atoms with Crippen LogP contribution in [0.15, 0.2) is 18.2 Å². The maximum absolute atomic E-state index is 11.8. The monoisotopic (exact) mass is 278 g/mol. The average molecular weight is 278 g/mol. The predicted octanol–water partition coefficient (Wildman–Crippen LogP) is 2.38. The quantitative estimate of drug-likeness (QED) is 0.869. The molecule has 0 bridgehead atoms. The van der Waals surface area contributed by atoms with Gasteiger partial charge in [-0.05, 0) is 39.3 Å². The van der Waals surface area contributed by atoms with Crippen molar-refractivity contribution < 1.29 is 9.53 Å². The van der Waals surface area contributed by atoms with Crippen LogP contribution in [0, 0.1) is 12.8 Å². The second kappa shape index (κ2) is 6.75. The van der Waals surface area contributed by atoms with Crippen LogP contribution >= 0.6 is 0 Å². The Bertz CT molecular complexity index is 464. The molecule has 4 nitrogen and oxygen atoms in total. The highest BCUT2D eigenvalue weighted by Gasteiger charge is 2.16. The molecule has 0 heterocycles. The normalized spacial score (nSPS) is 12.9. The third-order valence-corrected chi connectivity index (χ3v) is 2.89. The Kier molecular flexibility index (Phi) is 5.57. The van der Waals surface area contributed by atoms with Crippen LogP contribution in [0.4, 0.5) is 0 Å². The Morgan fingerprint density at radius 2 is 2.05 bits per heavy atom. The van der Waals surface area contributed by atoms with Crippen LogP contribution in [0.5, 0.6) is 5.75 Å². The van der Waals surface area contributed by atoms with E-state index in [1.807, 2.05) is 52.8 Å². The van der Waals surface area contributed by atoms with Gasteiger partial charge in [-0.2, -0.15) is 0 Å². The molecule has 4 heteroatoms. The van der Waals surface area contributed by atoms with Crippen LogP contribution < -0.4 is 15.8 Å². The molecule has 1 rings (SSSR count). The summed E-state index contributed by atoms with van der Waals surface area (Å²) in [5.74, 6) is 0.611. The van der Waals surface area contributed by atoms with Gasteiger partial charge >= 0.3 is 0 Å². The van der Waals surface area contributed by atoms with Gasteiger partial charge in [0.05, 0.1) is 0 Å². The van der Waals surface area contributed by atoms with Crippen molar-refractivity contribution >= 4 is 5.91 Å². The van der Waals surface area contributed by atoms with Gasteiger partial charge in [-0.1, -0.05) is 19.1 Å². The molecule has 1 unspecified atom stereocenters. The van der Waals surface area contributed by atoms with Gasteiger partial charge in [0.25, 0.3) is 0 Å². The second-order valence-electron chi connectivity index (χ2n) is 6.18. The lowest BCUT2D eigenvalue weighted by atomic mass is 10.1. The van der Waals surface area contributed by atoms with E-state index in [0.29, 0.717) is 13.1 Å². The molecule has 0 aliphatic heterocycles. The second-order valence-corrected chi connectivity index (χ2v) is 6.18. The molecule has 112 valence electrons. The van der Waals surface area contributed by atoms with E-state index in [1.165, 1.54) is 0 Å². The molecule has 0 saturated heterocycles. The zero-order valence-corrected chi connectivity index (χ0v) is 13.1. The molecule has 1 atom stereocenters.